The number of terminal acetylenes is 1. The number of fused-ring (bicyclic) bond motifs is 1. The van der Waals surface area contributed by atoms with Crippen LogP contribution < -0.4 is 0 Å². The van der Waals surface area contributed by atoms with Crippen LogP contribution in [0.5, 0.6) is 0 Å². The smallest absolute Gasteiger partial charge is 0.416 e. The van der Waals surface area contributed by atoms with Crippen LogP contribution in [0, 0.1) is 12.3 Å². The lowest BCUT2D eigenvalue weighted by Gasteiger charge is -2.07. The van der Waals surface area contributed by atoms with Crippen molar-refractivity contribution in [2.75, 3.05) is 0 Å². The number of hydrogen-bond acceptors (Lipinski definition) is 1. The number of aryl methyl sites for hydroxylation is 2. The number of allylic oxidation sites excluding steroid dienone is 1. The molecule has 1 heterocycles. The summed E-state index contributed by atoms with van der Waals surface area (Å²) < 4.78 is 43.6. The number of alkyl halides is 3. The van der Waals surface area contributed by atoms with Gasteiger partial charge in [0.1, 0.15) is 11.3 Å². The van der Waals surface area contributed by atoms with E-state index >= 15 is 0 Å². The predicted octanol–water partition coefficient (Wildman–Crippen LogP) is 6.66. The molecule has 0 amide bonds. The second kappa shape index (κ2) is 8.18. The van der Waals surface area contributed by atoms with E-state index < -0.39 is 11.7 Å². The van der Waals surface area contributed by atoms with Gasteiger partial charge in [-0.3, -0.25) is 0 Å². The van der Waals surface area contributed by atoms with Crippen molar-refractivity contribution in [2.45, 2.75) is 31.9 Å². The Balaban J connectivity index is 1.56. The lowest BCUT2D eigenvalue weighted by molar-refractivity contribution is -0.137. The predicted molar refractivity (Wildman–Crippen MR) is 102 cm³/mol. The Hall–Kier alpha value is -2.93. The van der Waals surface area contributed by atoms with Gasteiger partial charge in [0.05, 0.1) is 5.56 Å². The van der Waals surface area contributed by atoms with Crippen LogP contribution in [0.1, 0.15) is 35.3 Å². The molecule has 0 aliphatic heterocycles. The number of unbranched alkanes of at least 4 members (excludes halogenated alkanes) is 1. The fraction of sp³-hybridized carbons (Fsp3) is 0.217. The van der Waals surface area contributed by atoms with Crippen LogP contribution in [-0.4, -0.2) is 0 Å². The molecular weight excluding hydrogens is 349 g/mol. The highest BCUT2D eigenvalue weighted by Gasteiger charge is 2.29. The first-order chi connectivity index (χ1) is 13.0. The molecule has 3 rings (SSSR count). The maximum absolute atomic E-state index is 12.6. The molecule has 0 aliphatic carbocycles. The zero-order valence-corrected chi connectivity index (χ0v) is 14.7. The summed E-state index contributed by atoms with van der Waals surface area (Å²) in [5.74, 6) is 3.39. The van der Waals surface area contributed by atoms with Gasteiger partial charge in [-0.2, -0.15) is 13.2 Å². The number of hydrogen-bond donors (Lipinski definition) is 0. The van der Waals surface area contributed by atoms with Gasteiger partial charge in [0.2, 0.25) is 0 Å². The fourth-order valence-electron chi connectivity index (χ4n) is 3.03. The molecule has 138 valence electrons. The van der Waals surface area contributed by atoms with Crippen LogP contribution in [0.4, 0.5) is 13.2 Å². The topological polar surface area (TPSA) is 13.1 Å². The molecule has 0 N–H and O–H groups in total. The van der Waals surface area contributed by atoms with Crippen molar-refractivity contribution < 1.29 is 17.6 Å². The lowest BCUT2D eigenvalue weighted by Crippen LogP contribution is -2.04. The Morgan fingerprint density at radius 1 is 1.00 bits per heavy atom. The molecule has 3 aromatic rings. The van der Waals surface area contributed by atoms with Crippen molar-refractivity contribution in [2.24, 2.45) is 0 Å². The molecule has 0 saturated heterocycles. The molecule has 0 fully saturated rings. The molecule has 0 spiro atoms. The highest BCUT2D eigenvalue weighted by atomic mass is 19.4. The lowest BCUT2D eigenvalue weighted by atomic mass is 10.0. The molecule has 0 radical (unpaired) electrons. The van der Waals surface area contributed by atoms with E-state index in [1.165, 1.54) is 0 Å². The van der Waals surface area contributed by atoms with E-state index in [0.29, 0.717) is 0 Å². The normalized spacial score (nSPS) is 11.9. The van der Waals surface area contributed by atoms with Gasteiger partial charge in [-0.25, -0.2) is 0 Å². The molecule has 2 aromatic carbocycles. The number of halogens is 3. The molecule has 0 bridgehead atoms. The summed E-state index contributed by atoms with van der Waals surface area (Å²) >= 11 is 0. The largest absolute Gasteiger partial charge is 0.461 e. The average molecular weight is 368 g/mol. The first kappa shape index (κ1) is 18.8. The summed E-state index contributed by atoms with van der Waals surface area (Å²) in [6.07, 6.45) is 7.83. The van der Waals surface area contributed by atoms with E-state index in [2.05, 4.69) is 5.92 Å². The zero-order valence-electron chi connectivity index (χ0n) is 14.7. The average Bonchev–Trinajstić information content (AvgIpc) is 3.07. The van der Waals surface area contributed by atoms with Crippen molar-refractivity contribution in [1.82, 2.24) is 0 Å². The minimum atomic E-state index is -4.28. The van der Waals surface area contributed by atoms with Crippen molar-refractivity contribution in [3.8, 4) is 12.3 Å². The Bertz CT molecular complexity index is 970. The van der Waals surface area contributed by atoms with Crippen molar-refractivity contribution >= 4 is 17.0 Å². The first-order valence-corrected chi connectivity index (χ1v) is 8.77. The van der Waals surface area contributed by atoms with Gasteiger partial charge in [0.25, 0.3) is 0 Å². The highest BCUT2D eigenvalue weighted by Crippen LogP contribution is 2.29. The molecule has 1 aromatic heterocycles. The fourth-order valence-corrected chi connectivity index (χ4v) is 3.03. The van der Waals surface area contributed by atoms with E-state index in [1.54, 1.807) is 18.2 Å². The van der Waals surface area contributed by atoms with E-state index in [-0.39, 0.29) is 0 Å². The standard InChI is InChI=1S/C23H19F3O/c1-2-3-8-18-9-6-11-22-21(18)16-20(27-22)10-5-4-7-17-12-14-19(15-13-17)23(24,25)26/h1,3,6,8-9,11-16H,4-5,7,10H2. The van der Waals surface area contributed by atoms with Gasteiger partial charge in [0, 0.05) is 11.8 Å². The molecule has 1 nitrogen and oxygen atoms in total. The molecule has 0 saturated carbocycles. The summed E-state index contributed by atoms with van der Waals surface area (Å²) in [6.45, 7) is 0. The van der Waals surface area contributed by atoms with Gasteiger partial charge in [-0.1, -0.05) is 30.2 Å². The van der Waals surface area contributed by atoms with Crippen LogP contribution in [0.2, 0.25) is 0 Å². The maximum Gasteiger partial charge on any atom is 0.416 e. The van der Waals surface area contributed by atoms with E-state index in [1.807, 2.05) is 30.3 Å². The first-order valence-electron chi connectivity index (χ1n) is 8.77. The number of benzene rings is 2. The van der Waals surface area contributed by atoms with Crippen LogP contribution in [0.3, 0.4) is 0 Å². The van der Waals surface area contributed by atoms with E-state index in [0.717, 1.165) is 65.7 Å². The van der Waals surface area contributed by atoms with E-state index in [4.69, 9.17) is 10.8 Å². The number of furan rings is 1. The van der Waals surface area contributed by atoms with Gasteiger partial charge < -0.3 is 4.42 Å². The molecular formula is C23H19F3O. The minimum absolute atomic E-state index is 0.608. The third kappa shape index (κ3) is 4.83. The molecule has 27 heavy (non-hydrogen) atoms. The zero-order chi connectivity index (χ0) is 19.3. The second-order valence-corrected chi connectivity index (χ2v) is 6.37. The van der Waals surface area contributed by atoms with Gasteiger partial charge in [-0.05, 0) is 66.8 Å². The minimum Gasteiger partial charge on any atom is -0.461 e. The van der Waals surface area contributed by atoms with E-state index in [9.17, 15) is 13.2 Å². The van der Waals surface area contributed by atoms with Gasteiger partial charge >= 0.3 is 6.18 Å². The molecule has 0 aliphatic rings. The third-order valence-corrected chi connectivity index (χ3v) is 4.43. The Labute approximate surface area is 156 Å². The molecule has 0 unspecified atom stereocenters. The quantitative estimate of drug-likeness (QED) is 0.350. The third-order valence-electron chi connectivity index (χ3n) is 4.43. The van der Waals surface area contributed by atoms with Crippen LogP contribution in [0.15, 0.2) is 59.0 Å². The van der Waals surface area contributed by atoms with Crippen LogP contribution in [-0.2, 0) is 19.0 Å². The summed E-state index contributed by atoms with van der Waals surface area (Å²) in [5, 5.41) is 1.03. The number of rotatable bonds is 6. The monoisotopic (exact) mass is 368 g/mol. The molecule has 4 heteroatoms. The Kier molecular flexibility index (Phi) is 5.71. The van der Waals surface area contributed by atoms with Crippen LogP contribution >= 0.6 is 0 Å². The van der Waals surface area contributed by atoms with Crippen molar-refractivity contribution in [3.05, 3.63) is 77.1 Å². The van der Waals surface area contributed by atoms with Crippen molar-refractivity contribution in [3.63, 3.8) is 0 Å². The maximum atomic E-state index is 12.6. The Morgan fingerprint density at radius 3 is 2.44 bits per heavy atom. The van der Waals surface area contributed by atoms with Crippen molar-refractivity contribution in [1.29, 1.82) is 0 Å². The van der Waals surface area contributed by atoms with Crippen LogP contribution in [0.25, 0.3) is 17.0 Å². The van der Waals surface area contributed by atoms with Gasteiger partial charge in [0.15, 0.2) is 0 Å². The summed E-state index contributed by atoms with van der Waals surface area (Å²) in [4.78, 5) is 0. The van der Waals surface area contributed by atoms with Gasteiger partial charge in [-0.15, -0.1) is 6.42 Å². The SMILES string of the molecule is C#CC=Cc1cccc2oc(CCCCc3ccc(C(F)(F)F)cc3)cc12. The Morgan fingerprint density at radius 2 is 1.74 bits per heavy atom. The molecule has 0 atom stereocenters. The summed E-state index contributed by atoms with van der Waals surface area (Å²) in [5.41, 5.74) is 2.15. The summed E-state index contributed by atoms with van der Waals surface area (Å²) in [6, 6.07) is 13.2. The summed E-state index contributed by atoms with van der Waals surface area (Å²) in [7, 11) is 0. The highest BCUT2D eigenvalue weighted by molar-refractivity contribution is 5.87. The second-order valence-electron chi connectivity index (χ2n) is 6.37.